The zero-order valence-electron chi connectivity index (χ0n) is 14.1. The van der Waals surface area contributed by atoms with Gasteiger partial charge in [-0.25, -0.2) is 4.79 Å². The molecule has 4 atom stereocenters. The Bertz CT molecular complexity index is 717. The summed E-state index contributed by atoms with van der Waals surface area (Å²) in [5.74, 6) is -0.299. The second kappa shape index (κ2) is 9.37. The predicted octanol–water partition coefficient (Wildman–Crippen LogP) is -1.27. The minimum Gasteiger partial charge on any atom is -0.394 e. The molecule has 1 aliphatic rings. The fourth-order valence-corrected chi connectivity index (χ4v) is 2.43. The third kappa shape index (κ3) is 4.84. The zero-order valence-corrected chi connectivity index (χ0v) is 14.1. The Labute approximate surface area is 148 Å². The van der Waals surface area contributed by atoms with Crippen molar-refractivity contribution in [2.24, 2.45) is 0 Å². The number of anilines is 1. The van der Waals surface area contributed by atoms with Crippen LogP contribution in [0.25, 0.3) is 0 Å². The van der Waals surface area contributed by atoms with E-state index in [0.29, 0.717) is 0 Å². The molecular formula is C15H20N4O7. The number of hydrogen-bond acceptors (Lipinski definition) is 9. The van der Waals surface area contributed by atoms with E-state index in [1.54, 1.807) is 0 Å². The predicted molar refractivity (Wildman–Crippen MR) is 85.7 cm³/mol. The van der Waals surface area contributed by atoms with Crippen molar-refractivity contribution >= 4 is 11.7 Å². The van der Waals surface area contributed by atoms with Gasteiger partial charge in [0.15, 0.2) is 6.23 Å². The molecule has 3 unspecified atom stereocenters. The molecule has 0 radical (unpaired) electrons. The van der Waals surface area contributed by atoms with Gasteiger partial charge in [-0.2, -0.15) is 10.2 Å². The minimum atomic E-state index is -1.20. The van der Waals surface area contributed by atoms with Crippen molar-refractivity contribution in [1.29, 1.82) is 5.26 Å². The highest BCUT2D eigenvalue weighted by molar-refractivity contribution is 5.87. The number of carbonyl (C=O) groups is 1. The maximum Gasteiger partial charge on any atom is 0.351 e. The number of amides is 1. The monoisotopic (exact) mass is 368 g/mol. The van der Waals surface area contributed by atoms with Crippen LogP contribution in [0, 0.1) is 11.3 Å². The van der Waals surface area contributed by atoms with Crippen LogP contribution < -0.4 is 11.0 Å². The molecule has 1 amide bonds. The van der Waals surface area contributed by atoms with Gasteiger partial charge in [0.2, 0.25) is 5.91 Å². The Kier molecular flexibility index (Phi) is 7.19. The van der Waals surface area contributed by atoms with Gasteiger partial charge in [-0.15, -0.1) is 0 Å². The summed E-state index contributed by atoms with van der Waals surface area (Å²) in [6.45, 7) is 0.736. The van der Waals surface area contributed by atoms with Gasteiger partial charge in [-0.05, 0) is 6.07 Å². The zero-order chi connectivity index (χ0) is 19.1. The van der Waals surface area contributed by atoms with E-state index < -0.39 is 36.8 Å². The van der Waals surface area contributed by atoms with Crippen LogP contribution in [0.5, 0.6) is 0 Å². The van der Waals surface area contributed by atoms with E-state index >= 15 is 0 Å². The van der Waals surface area contributed by atoms with Crippen LogP contribution >= 0.6 is 0 Å². The molecule has 0 aliphatic carbocycles. The first kappa shape index (κ1) is 20.0. The second-order valence-electron chi connectivity index (χ2n) is 5.49. The minimum absolute atomic E-state index is 0.0771. The summed E-state index contributed by atoms with van der Waals surface area (Å²) in [5, 5.41) is 30.4. The lowest BCUT2D eigenvalue weighted by Gasteiger charge is -2.22. The molecule has 0 spiro atoms. The highest BCUT2D eigenvalue weighted by Crippen LogP contribution is 2.30. The molecule has 0 bridgehead atoms. The molecule has 0 aromatic carbocycles. The first-order valence-corrected chi connectivity index (χ1v) is 7.85. The molecule has 1 aromatic rings. The quantitative estimate of drug-likeness (QED) is 0.376. The number of ether oxygens (including phenoxy) is 3. The van der Waals surface area contributed by atoms with Gasteiger partial charge in [0.05, 0.1) is 25.7 Å². The van der Waals surface area contributed by atoms with E-state index in [9.17, 15) is 19.8 Å². The Morgan fingerprint density at radius 2 is 2.35 bits per heavy atom. The lowest BCUT2D eigenvalue weighted by molar-refractivity contribution is -0.139. The number of nitrogens with zero attached hydrogens (tertiary/aromatic N) is 3. The van der Waals surface area contributed by atoms with Crippen LogP contribution in [0.3, 0.4) is 0 Å². The number of aliphatic hydroxyl groups is 2. The van der Waals surface area contributed by atoms with Gasteiger partial charge in [0.1, 0.15) is 30.9 Å². The summed E-state index contributed by atoms with van der Waals surface area (Å²) in [7, 11) is 0. The molecule has 11 heteroatoms. The Hall–Kier alpha value is -2.36. The fourth-order valence-electron chi connectivity index (χ4n) is 2.43. The molecule has 0 saturated carbocycles. The van der Waals surface area contributed by atoms with E-state index in [4.69, 9.17) is 19.5 Å². The summed E-state index contributed by atoms with van der Waals surface area (Å²) >= 11 is 0. The lowest BCUT2D eigenvalue weighted by atomic mass is 10.1. The van der Waals surface area contributed by atoms with E-state index in [-0.39, 0.29) is 31.5 Å². The van der Waals surface area contributed by atoms with Crippen LogP contribution in [0.4, 0.5) is 5.82 Å². The van der Waals surface area contributed by atoms with Gasteiger partial charge in [-0.1, -0.05) is 0 Å². The average Bonchev–Trinajstić information content (AvgIpc) is 2.90. The second-order valence-corrected chi connectivity index (χ2v) is 5.49. The van der Waals surface area contributed by atoms with Crippen molar-refractivity contribution in [3.8, 4) is 6.07 Å². The van der Waals surface area contributed by atoms with Crippen molar-refractivity contribution in [1.82, 2.24) is 9.55 Å². The number of carbonyl (C=O) groups excluding carboxylic acids is 1. The van der Waals surface area contributed by atoms with Crippen LogP contribution in [0.2, 0.25) is 0 Å². The smallest absolute Gasteiger partial charge is 0.351 e. The van der Waals surface area contributed by atoms with Crippen LogP contribution in [-0.2, 0) is 19.0 Å². The van der Waals surface area contributed by atoms with Gasteiger partial charge in [0, 0.05) is 13.1 Å². The van der Waals surface area contributed by atoms with E-state index in [1.165, 1.54) is 19.2 Å². The number of nitriles is 1. The Morgan fingerprint density at radius 3 is 2.96 bits per heavy atom. The summed E-state index contributed by atoms with van der Waals surface area (Å²) in [5.41, 5.74) is -0.731. The average molecular weight is 368 g/mol. The van der Waals surface area contributed by atoms with Crippen LogP contribution in [0.1, 0.15) is 19.6 Å². The van der Waals surface area contributed by atoms with Crippen LogP contribution in [0.15, 0.2) is 17.1 Å². The normalized spacial score (nSPS) is 25.0. The summed E-state index contributed by atoms with van der Waals surface area (Å²) in [4.78, 5) is 27.0. The maximum absolute atomic E-state index is 12.2. The molecule has 142 valence electrons. The fraction of sp³-hybridized carbons (Fsp3) is 0.600. The number of hydrogen-bond donors (Lipinski definition) is 3. The Morgan fingerprint density at radius 1 is 1.58 bits per heavy atom. The third-order valence-corrected chi connectivity index (χ3v) is 3.60. The first-order chi connectivity index (χ1) is 12.5. The molecule has 1 aliphatic heterocycles. The molecular weight excluding hydrogens is 348 g/mol. The maximum atomic E-state index is 12.2. The lowest BCUT2D eigenvalue weighted by Crippen LogP contribution is -2.38. The molecule has 1 aromatic heterocycles. The molecule has 1 fully saturated rings. The van der Waals surface area contributed by atoms with Crippen LogP contribution in [-0.4, -0.2) is 64.0 Å². The summed E-state index contributed by atoms with van der Waals surface area (Å²) < 4.78 is 17.1. The molecule has 2 heterocycles. The highest BCUT2D eigenvalue weighted by atomic mass is 16.7. The molecule has 1 saturated heterocycles. The number of nitrogens with one attached hydrogen (secondary N) is 1. The summed E-state index contributed by atoms with van der Waals surface area (Å²) in [6, 6.07) is 3.30. The summed E-state index contributed by atoms with van der Waals surface area (Å²) in [6.07, 6.45) is -2.68. The molecule has 26 heavy (non-hydrogen) atoms. The standard InChI is InChI=1S/C15H20N4O7/c1-9(21)17-11-3-5-19(15(23)18-11)14-13(12(22)10(7-20)26-14)25-8-24-6-2-4-16/h3,5,10,12-14,20,22H,2,6-8H2,1H3,(H,17,18,21,23)/t10?,12?,13-,14?/m0/s1. The van der Waals surface area contributed by atoms with E-state index in [1.807, 2.05) is 6.07 Å². The number of rotatable bonds is 8. The SMILES string of the molecule is CC(=O)Nc1ccn(C2OC(CO)C(O)[C@@H]2OCOCCC#N)c(=O)n1. The third-order valence-electron chi connectivity index (χ3n) is 3.60. The van der Waals surface area contributed by atoms with Gasteiger partial charge in [-0.3, -0.25) is 9.36 Å². The topological polar surface area (TPSA) is 156 Å². The van der Waals surface area contributed by atoms with Crippen molar-refractivity contribution in [3.05, 3.63) is 22.7 Å². The Balaban J connectivity index is 2.14. The van der Waals surface area contributed by atoms with E-state index in [2.05, 4.69) is 10.3 Å². The van der Waals surface area contributed by atoms with Gasteiger partial charge < -0.3 is 29.7 Å². The van der Waals surface area contributed by atoms with Crippen molar-refractivity contribution in [3.63, 3.8) is 0 Å². The first-order valence-electron chi connectivity index (χ1n) is 7.85. The molecule has 2 rings (SSSR count). The van der Waals surface area contributed by atoms with Crippen molar-refractivity contribution < 1.29 is 29.2 Å². The number of aliphatic hydroxyl groups excluding tert-OH is 2. The van der Waals surface area contributed by atoms with Crippen molar-refractivity contribution in [2.45, 2.75) is 37.9 Å². The molecule has 11 nitrogen and oxygen atoms in total. The van der Waals surface area contributed by atoms with E-state index in [0.717, 1.165) is 4.57 Å². The van der Waals surface area contributed by atoms with Gasteiger partial charge in [0.25, 0.3) is 0 Å². The molecule has 3 N–H and O–H groups in total. The van der Waals surface area contributed by atoms with Crippen molar-refractivity contribution in [2.75, 3.05) is 25.3 Å². The largest absolute Gasteiger partial charge is 0.394 e. The number of aromatic nitrogens is 2. The van der Waals surface area contributed by atoms with Gasteiger partial charge >= 0.3 is 5.69 Å². The highest BCUT2D eigenvalue weighted by Gasteiger charge is 2.45.